The van der Waals surface area contributed by atoms with Crippen LogP contribution in [0.25, 0.3) is 10.8 Å². The van der Waals surface area contributed by atoms with Gasteiger partial charge in [-0.2, -0.15) is 13.2 Å². The predicted molar refractivity (Wildman–Crippen MR) is 134 cm³/mol. The number of benzene rings is 3. The fourth-order valence-electron chi connectivity index (χ4n) is 4.35. The molecule has 4 aromatic rings. The molecule has 2 unspecified atom stereocenters. The molecule has 4 rings (SSSR count). The van der Waals surface area contributed by atoms with Crippen LogP contribution in [0, 0.1) is 0 Å². The first kappa shape index (κ1) is 26.4. The number of aliphatic hydroxyl groups is 1. The highest BCUT2D eigenvalue weighted by Gasteiger charge is 2.59. The highest BCUT2D eigenvalue weighted by Crippen LogP contribution is 2.51. The molecule has 2 N–H and O–H groups in total. The summed E-state index contributed by atoms with van der Waals surface area (Å²) in [5.41, 5.74) is -1.97. The Morgan fingerprint density at radius 1 is 1.05 bits per heavy atom. The number of fused-ring (bicyclic) bond motifs is 1. The van der Waals surface area contributed by atoms with Crippen LogP contribution in [0.15, 0.2) is 79.1 Å². The SMILES string of the molecule is CC(c1ccc(OCc2ccc(CC(=O)O)cc2)cc1Cl)C(O)(c1cccc2cnccc12)C(F)(F)F. The molecule has 0 fully saturated rings. The number of aliphatic carboxylic acids is 1. The van der Waals surface area contributed by atoms with Gasteiger partial charge in [0.2, 0.25) is 0 Å². The topological polar surface area (TPSA) is 79.7 Å². The summed E-state index contributed by atoms with van der Waals surface area (Å²) in [6.07, 6.45) is -2.27. The highest BCUT2D eigenvalue weighted by molar-refractivity contribution is 6.31. The molecule has 0 spiro atoms. The van der Waals surface area contributed by atoms with Gasteiger partial charge in [0.15, 0.2) is 5.60 Å². The molecule has 1 heterocycles. The van der Waals surface area contributed by atoms with Crippen LogP contribution in [0.1, 0.15) is 35.1 Å². The summed E-state index contributed by atoms with van der Waals surface area (Å²) in [4.78, 5) is 14.8. The molecular weight excluding hydrogens is 507 g/mol. The minimum absolute atomic E-state index is 0.0198. The third-order valence-electron chi connectivity index (χ3n) is 6.37. The van der Waals surface area contributed by atoms with Crippen molar-refractivity contribution in [3.05, 3.63) is 106 Å². The van der Waals surface area contributed by atoms with Gasteiger partial charge in [0.1, 0.15) is 12.4 Å². The first-order chi connectivity index (χ1) is 17.5. The Morgan fingerprint density at radius 3 is 2.41 bits per heavy atom. The largest absolute Gasteiger partial charge is 0.489 e. The van der Waals surface area contributed by atoms with E-state index < -0.39 is 23.7 Å². The van der Waals surface area contributed by atoms with Crippen LogP contribution in [0.5, 0.6) is 5.75 Å². The molecule has 0 saturated heterocycles. The number of ether oxygens (including phenoxy) is 1. The minimum Gasteiger partial charge on any atom is -0.489 e. The average Bonchev–Trinajstić information content (AvgIpc) is 2.86. The van der Waals surface area contributed by atoms with E-state index in [1.54, 1.807) is 30.3 Å². The van der Waals surface area contributed by atoms with Crippen molar-refractivity contribution in [3.8, 4) is 5.75 Å². The number of carboxylic acid groups (broad SMARTS) is 1. The van der Waals surface area contributed by atoms with Crippen LogP contribution in [-0.2, 0) is 23.4 Å². The zero-order chi connectivity index (χ0) is 26.8. The lowest BCUT2D eigenvalue weighted by molar-refractivity contribution is -0.274. The average molecular weight is 530 g/mol. The quantitative estimate of drug-likeness (QED) is 0.267. The van der Waals surface area contributed by atoms with Crippen molar-refractivity contribution in [2.45, 2.75) is 37.6 Å². The van der Waals surface area contributed by atoms with Crippen LogP contribution in [0.4, 0.5) is 13.2 Å². The van der Waals surface area contributed by atoms with Crippen molar-refractivity contribution in [2.75, 3.05) is 0 Å². The molecule has 0 aliphatic carbocycles. The Balaban J connectivity index is 1.60. The Morgan fingerprint density at radius 2 is 1.76 bits per heavy atom. The maximum atomic E-state index is 14.5. The molecule has 37 heavy (non-hydrogen) atoms. The zero-order valence-corrected chi connectivity index (χ0v) is 20.4. The summed E-state index contributed by atoms with van der Waals surface area (Å²) in [6, 6.07) is 17.0. The maximum absolute atomic E-state index is 14.5. The fraction of sp³-hybridized carbons (Fsp3) is 0.214. The Hall–Kier alpha value is -3.62. The molecule has 3 aromatic carbocycles. The second-order valence-electron chi connectivity index (χ2n) is 8.75. The van der Waals surface area contributed by atoms with Gasteiger partial charge in [-0.3, -0.25) is 9.78 Å². The third-order valence-corrected chi connectivity index (χ3v) is 6.70. The van der Waals surface area contributed by atoms with E-state index in [0.29, 0.717) is 16.7 Å². The lowest BCUT2D eigenvalue weighted by Crippen LogP contribution is -2.46. The van der Waals surface area contributed by atoms with E-state index in [1.165, 1.54) is 55.7 Å². The van der Waals surface area contributed by atoms with E-state index in [1.807, 2.05) is 0 Å². The summed E-state index contributed by atoms with van der Waals surface area (Å²) >= 11 is 6.41. The van der Waals surface area contributed by atoms with Gasteiger partial charge in [-0.05, 0) is 40.3 Å². The number of hydrogen-bond donors (Lipinski definition) is 2. The Kier molecular flexibility index (Phi) is 7.43. The lowest BCUT2D eigenvalue weighted by atomic mass is 9.76. The second-order valence-corrected chi connectivity index (χ2v) is 9.15. The number of pyridine rings is 1. The highest BCUT2D eigenvalue weighted by atomic mass is 35.5. The van der Waals surface area contributed by atoms with E-state index >= 15 is 0 Å². The normalized spacial score (nSPS) is 14.2. The Bertz CT molecular complexity index is 1420. The van der Waals surface area contributed by atoms with Crippen LogP contribution in [-0.4, -0.2) is 27.3 Å². The summed E-state index contributed by atoms with van der Waals surface area (Å²) < 4.78 is 49.2. The molecule has 0 bridgehead atoms. The molecule has 0 saturated carbocycles. The molecule has 0 radical (unpaired) electrons. The molecule has 5 nitrogen and oxygen atoms in total. The monoisotopic (exact) mass is 529 g/mol. The van der Waals surface area contributed by atoms with Crippen LogP contribution in [0.3, 0.4) is 0 Å². The minimum atomic E-state index is -5.00. The van der Waals surface area contributed by atoms with Gasteiger partial charge in [-0.25, -0.2) is 0 Å². The van der Waals surface area contributed by atoms with Gasteiger partial charge in [0.05, 0.1) is 6.42 Å². The van der Waals surface area contributed by atoms with Gasteiger partial charge in [-0.15, -0.1) is 0 Å². The maximum Gasteiger partial charge on any atom is 0.422 e. The number of hydrogen-bond acceptors (Lipinski definition) is 4. The summed E-state index contributed by atoms with van der Waals surface area (Å²) in [7, 11) is 0. The molecule has 0 aliphatic heterocycles. The summed E-state index contributed by atoms with van der Waals surface area (Å²) in [5.74, 6) is -2.04. The zero-order valence-electron chi connectivity index (χ0n) is 19.7. The van der Waals surface area contributed by atoms with E-state index in [9.17, 15) is 23.1 Å². The summed E-state index contributed by atoms with van der Waals surface area (Å²) in [5, 5.41) is 20.9. The molecule has 192 valence electrons. The fourth-order valence-corrected chi connectivity index (χ4v) is 4.69. The first-order valence-corrected chi connectivity index (χ1v) is 11.7. The van der Waals surface area contributed by atoms with E-state index in [4.69, 9.17) is 21.4 Å². The summed E-state index contributed by atoms with van der Waals surface area (Å²) in [6.45, 7) is 1.43. The molecule has 0 amide bonds. The second kappa shape index (κ2) is 10.4. The van der Waals surface area contributed by atoms with Gasteiger partial charge in [0, 0.05) is 34.3 Å². The number of rotatable bonds is 8. The van der Waals surface area contributed by atoms with Crippen molar-refractivity contribution < 1.29 is 32.9 Å². The number of aromatic nitrogens is 1. The number of nitrogens with zero attached hydrogens (tertiary/aromatic N) is 1. The van der Waals surface area contributed by atoms with Crippen molar-refractivity contribution in [3.63, 3.8) is 0 Å². The van der Waals surface area contributed by atoms with Gasteiger partial charge >= 0.3 is 12.1 Å². The molecule has 9 heteroatoms. The number of halogens is 4. The van der Waals surface area contributed by atoms with Crippen LogP contribution < -0.4 is 4.74 Å². The third kappa shape index (κ3) is 5.40. The Labute approximate surface area is 216 Å². The van der Waals surface area contributed by atoms with E-state index in [-0.39, 0.29) is 34.6 Å². The van der Waals surface area contributed by atoms with Crippen molar-refractivity contribution >= 4 is 28.3 Å². The van der Waals surface area contributed by atoms with Gasteiger partial charge in [0.25, 0.3) is 0 Å². The predicted octanol–water partition coefficient (Wildman–Crippen LogP) is 6.65. The number of alkyl halides is 3. The lowest BCUT2D eigenvalue weighted by Gasteiger charge is -2.37. The van der Waals surface area contributed by atoms with E-state index in [2.05, 4.69) is 4.98 Å². The number of carbonyl (C=O) groups is 1. The molecule has 0 aliphatic rings. The van der Waals surface area contributed by atoms with E-state index in [0.717, 1.165) is 5.56 Å². The van der Waals surface area contributed by atoms with Crippen molar-refractivity contribution in [1.82, 2.24) is 4.98 Å². The van der Waals surface area contributed by atoms with Crippen molar-refractivity contribution in [1.29, 1.82) is 0 Å². The van der Waals surface area contributed by atoms with Crippen molar-refractivity contribution in [2.24, 2.45) is 0 Å². The van der Waals surface area contributed by atoms with Crippen LogP contribution in [0.2, 0.25) is 5.02 Å². The van der Waals surface area contributed by atoms with Gasteiger partial charge in [-0.1, -0.05) is 67.1 Å². The molecule has 1 aromatic heterocycles. The molecule has 2 atom stereocenters. The van der Waals surface area contributed by atoms with Gasteiger partial charge < -0.3 is 14.9 Å². The smallest absolute Gasteiger partial charge is 0.422 e. The molecular formula is C28H23ClF3NO4. The standard InChI is InChI=1S/C28H23ClF3NO4/c1-17(27(36,28(30,31)32)24-4-2-3-20-15-33-12-11-23(20)24)22-10-9-21(14-25(22)29)37-16-19-7-5-18(6-8-19)13-26(34)35/h2-12,14-15,17,36H,13,16H2,1H3,(H,34,35). The number of carboxylic acids is 1. The first-order valence-electron chi connectivity index (χ1n) is 11.3. The van der Waals surface area contributed by atoms with Crippen LogP contribution >= 0.6 is 11.6 Å².